The van der Waals surface area contributed by atoms with E-state index in [1.54, 1.807) is 41.1 Å². The quantitative estimate of drug-likeness (QED) is 0.695. The van der Waals surface area contributed by atoms with Crippen molar-refractivity contribution in [1.82, 2.24) is 9.38 Å². The fourth-order valence-electron chi connectivity index (χ4n) is 1.90. The summed E-state index contributed by atoms with van der Waals surface area (Å²) in [6, 6.07) is 12.7. The summed E-state index contributed by atoms with van der Waals surface area (Å²) in [7, 11) is 0. The van der Waals surface area contributed by atoms with Crippen LogP contribution >= 0.6 is 0 Å². The molecule has 1 aromatic carbocycles. The minimum atomic E-state index is -0.00947. The van der Waals surface area contributed by atoms with Crippen molar-refractivity contribution in [2.75, 3.05) is 5.73 Å². The number of nitrogens with zero attached hydrogens (tertiary/aromatic N) is 2. The molecule has 2 aromatic heterocycles. The molecule has 0 fully saturated rings. The van der Waals surface area contributed by atoms with Gasteiger partial charge >= 0.3 is 0 Å². The number of fused-ring (bicyclic) bond motifs is 1. The summed E-state index contributed by atoms with van der Waals surface area (Å²) in [6.45, 7) is 0. The lowest BCUT2D eigenvalue weighted by Gasteiger charge is -2.01. The summed E-state index contributed by atoms with van der Waals surface area (Å²) >= 11 is 0. The van der Waals surface area contributed by atoms with E-state index in [1.165, 1.54) is 0 Å². The molecule has 0 aliphatic heterocycles. The van der Waals surface area contributed by atoms with E-state index in [4.69, 9.17) is 5.73 Å². The van der Waals surface area contributed by atoms with Gasteiger partial charge in [-0.2, -0.15) is 0 Å². The Hall–Kier alpha value is -2.62. The van der Waals surface area contributed by atoms with Gasteiger partial charge < -0.3 is 10.1 Å². The molecule has 0 saturated heterocycles. The first-order chi connectivity index (χ1) is 8.74. The maximum atomic E-state index is 12.2. The number of nitrogens with two attached hydrogens (primary N) is 1. The van der Waals surface area contributed by atoms with E-state index < -0.39 is 0 Å². The Morgan fingerprint density at radius 3 is 2.56 bits per heavy atom. The first-order valence-electron chi connectivity index (χ1n) is 5.58. The zero-order valence-corrected chi connectivity index (χ0v) is 9.58. The van der Waals surface area contributed by atoms with Gasteiger partial charge in [0.15, 0.2) is 5.78 Å². The summed E-state index contributed by atoms with van der Waals surface area (Å²) in [6.07, 6.45) is 3.44. The third-order valence-corrected chi connectivity index (χ3v) is 2.77. The van der Waals surface area contributed by atoms with Crippen LogP contribution in [0.5, 0.6) is 0 Å². The zero-order valence-electron chi connectivity index (χ0n) is 9.58. The smallest absolute Gasteiger partial charge is 0.194 e. The van der Waals surface area contributed by atoms with E-state index >= 15 is 0 Å². The number of benzene rings is 1. The molecule has 0 atom stereocenters. The molecule has 4 nitrogen and oxygen atoms in total. The predicted octanol–water partition coefficient (Wildman–Crippen LogP) is 2.15. The molecule has 4 heteroatoms. The van der Waals surface area contributed by atoms with Gasteiger partial charge in [-0.3, -0.25) is 4.79 Å². The minimum Gasteiger partial charge on any atom is -0.382 e. The number of carbonyl (C=O) groups excluding carboxylic acids is 1. The number of imidazole rings is 1. The Morgan fingerprint density at radius 2 is 1.78 bits per heavy atom. The van der Waals surface area contributed by atoms with E-state index in [0.717, 1.165) is 5.65 Å². The maximum absolute atomic E-state index is 12.2. The summed E-state index contributed by atoms with van der Waals surface area (Å²) in [5, 5.41) is 0. The highest BCUT2D eigenvalue weighted by molar-refractivity contribution is 6.08. The van der Waals surface area contributed by atoms with Crippen LogP contribution in [-0.2, 0) is 0 Å². The number of anilines is 1. The molecule has 0 unspecified atom stereocenters. The summed E-state index contributed by atoms with van der Waals surface area (Å²) in [5.41, 5.74) is 7.63. The molecular formula is C14H11N3O. The molecular weight excluding hydrogens is 226 g/mol. The van der Waals surface area contributed by atoms with Gasteiger partial charge in [0.05, 0.1) is 6.20 Å². The van der Waals surface area contributed by atoms with Gasteiger partial charge in [0.25, 0.3) is 0 Å². The molecule has 2 N–H and O–H groups in total. The standard InChI is InChI=1S/C14H11N3O/c15-12-9-17-8-11(6-7-13(17)16-12)14(18)10-4-2-1-3-5-10/h1-9H,15H2. The highest BCUT2D eigenvalue weighted by Gasteiger charge is 2.09. The van der Waals surface area contributed by atoms with Gasteiger partial charge in [-0.05, 0) is 12.1 Å². The monoisotopic (exact) mass is 237 g/mol. The lowest BCUT2D eigenvalue weighted by molar-refractivity contribution is 0.103. The van der Waals surface area contributed by atoms with E-state index in [0.29, 0.717) is 16.9 Å². The molecule has 0 amide bonds. The van der Waals surface area contributed by atoms with Gasteiger partial charge in [-0.25, -0.2) is 4.98 Å². The SMILES string of the molecule is Nc1cn2cc(C(=O)c3ccccc3)ccc2n1. The largest absolute Gasteiger partial charge is 0.382 e. The molecule has 18 heavy (non-hydrogen) atoms. The average molecular weight is 237 g/mol. The normalized spacial score (nSPS) is 10.7. The van der Waals surface area contributed by atoms with E-state index in [-0.39, 0.29) is 5.78 Å². The highest BCUT2D eigenvalue weighted by atomic mass is 16.1. The van der Waals surface area contributed by atoms with E-state index in [9.17, 15) is 4.79 Å². The van der Waals surface area contributed by atoms with Crippen LogP contribution in [-0.4, -0.2) is 15.2 Å². The van der Waals surface area contributed by atoms with Crippen molar-refractivity contribution < 1.29 is 4.79 Å². The van der Waals surface area contributed by atoms with Crippen LogP contribution in [0.3, 0.4) is 0 Å². The third kappa shape index (κ3) is 1.73. The first-order valence-corrected chi connectivity index (χ1v) is 5.58. The van der Waals surface area contributed by atoms with Crippen LogP contribution in [0.1, 0.15) is 15.9 Å². The zero-order chi connectivity index (χ0) is 12.5. The lowest BCUT2D eigenvalue weighted by Crippen LogP contribution is -2.02. The number of pyridine rings is 1. The van der Waals surface area contributed by atoms with Gasteiger partial charge in [0, 0.05) is 17.3 Å². The third-order valence-electron chi connectivity index (χ3n) is 2.77. The molecule has 88 valence electrons. The van der Waals surface area contributed by atoms with E-state index in [2.05, 4.69) is 4.98 Å². The summed E-state index contributed by atoms with van der Waals surface area (Å²) in [4.78, 5) is 16.3. The molecule has 0 aliphatic carbocycles. The van der Waals surface area contributed by atoms with Crippen LogP contribution in [0, 0.1) is 0 Å². The minimum absolute atomic E-state index is 0.00947. The molecule has 0 bridgehead atoms. The Kier molecular flexibility index (Phi) is 2.34. The Balaban J connectivity index is 2.06. The van der Waals surface area contributed by atoms with Crippen molar-refractivity contribution in [1.29, 1.82) is 0 Å². The van der Waals surface area contributed by atoms with Gasteiger partial charge in [0.1, 0.15) is 11.5 Å². The topological polar surface area (TPSA) is 60.4 Å². The second-order valence-electron chi connectivity index (χ2n) is 4.04. The van der Waals surface area contributed by atoms with Crippen molar-refractivity contribution in [3.05, 3.63) is 66.0 Å². The van der Waals surface area contributed by atoms with Gasteiger partial charge in [0.2, 0.25) is 0 Å². The van der Waals surface area contributed by atoms with Gasteiger partial charge in [-0.1, -0.05) is 30.3 Å². The fraction of sp³-hybridized carbons (Fsp3) is 0. The lowest BCUT2D eigenvalue weighted by atomic mass is 10.1. The molecule has 2 heterocycles. The summed E-state index contributed by atoms with van der Waals surface area (Å²) < 4.78 is 1.76. The fourth-order valence-corrected chi connectivity index (χ4v) is 1.90. The Labute approximate surface area is 104 Å². The van der Waals surface area contributed by atoms with Crippen LogP contribution in [0.25, 0.3) is 5.65 Å². The van der Waals surface area contributed by atoms with Crippen LogP contribution in [0.15, 0.2) is 54.9 Å². The van der Waals surface area contributed by atoms with Crippen molar-refractivity contribution >= 4 is 17.2 Å². The average Bonchev–Trinajstić information content (AvgIpc) is 2.78. The van der Waals surface area contributed by atoms with Crippen molar-refractivity contribution in [2.45, 2.75) is 0 Å². The number of carbonyl (C=O) groups is 1. The van der Waals surface area contributed by atoms with Crippen LogP contribution in [0.2, 0.25) is 0 Å². The highest BCUT2D eigenvalue weighted by Crippen LogP contribution is 2.12. The summed E-state index contributed by atoms with van der Waals surface area (Å²) in [5.74, 6) is 0.434. The molecule has 3 aromatic rings. The maximum Gasteiger partial charge on any atom is 0.194 e. The van der Waals surface area contributed by atoms with E-state index in [1.807, 2.05) is 18.2 Å². The Morgan fingerprint density at radius 1 is 1.00 bits per heavy atom. The van der Waals surface area contributed by atoms with Crippen molar-refractivity contribution in [2.24, 2.45) is 0 Å². The Bertz CT molecular complexity index is 716. The number of aromatic nitrogens is 2. The van der Waals surface area contributed by atoms with Crippen LogP contribution in [0.4, 0.5) is 5.82 Å². The van der Waals surface area contributed by atoms with Crippen LogP contribution < -0.4 is 5.73 Å². The second kappa shape index (κ2) is 4.00. The van der Waals surface area contributed by atoms with Crippen molar-refractivity contribution in [3.63, 3.8) is 0 Å². The number of hydrogen-bond donors (Lipinski definition) is 1. The molecule has 0 aliphatic rings. The number of nitrogen functional groups attached to an aromatic ring is 1. The number of hydrogen-bond acceptors (Lipinski definition) is 3. The molecule has 0 spiro atoms. The molecule has 3 rings (SSSR count). The van der Waals surface area contributed by atoms with Crippen molar-refractivity contribution in [3.8, 4) is 0 Å². The second-order valence-corrected chi connectivity index (χ2v) is 4.04. The predicted molar refractivity (Wildman–Crippen MR) is 69.5 cm³/mol. The van der Waals surface area contributed by atoms with Gasteiger partial charge in [-0.15, -0.1) is 0 Å². The number of ketones is 1. The number of rotatable bonds is 2. The first kappa shape index (κ1) is 10.5. The molecule has 0 radical (unpaired) electrons. The molecule has 0 saturated carbocycles.